The van der Waals surface area contributed by atoms with E-state index in [-0.39, 0.29) is 0 Å². The van der Waals surface area contributed by atoms with E-state index in [0.29, 0.717) is 6.10 Å². The molecule has 0 bridgehead atoms. The lowest BCUT2D eigenvalue weighted by molar-refractivity contribution is 0.0573. The molecule has 0 N–H and O–H groups in total. The van der Waals surface area contributed by atoms with Crippen LogP contribution in [0.15, 0.2) is 0 Å². The monoisotopic (exact) mass is 190 g/mol. The Hall–Kier alpha value is 0.310. The minimum atomic E-state index is 0.450. The number of thiol groups is 1. The third-order valence-electron chi connectivity index (χ3n) is 1.90. The normalized spacial score (nSPS) is 13.2. The molecule has 1 unspecified atom stereocenters. The van der Waals surface area contributed by atoms with Gasteiger partial charge in [-0.15, -0.1) is 0 Å². The first-order valence-electron chi connectivity index (χ1n) is 5.03. The van der Waals surface area contributed by atoms with Gasteiger partial charge >= 0.3 is 0 Å². The third-order valence-corrected chi connectivity index (χ3v) is 2.22. The number of ether oxygens (including phenoxy) is 1. The molecule has 0 heterocycles. The van der Waals surface area contributed by atoms with E-state index in [1.54, 1.807) is 0 Å². The van der Waals surface area contributed by atoms with Crippen LogP contribution in [0.1, 0.15) is 46.0 Å². The number of hydrogen-bond acceptors (Lipinski definition) is 2. The van der Waals surface area contributed by atoms with Crippen LogP contribution in [0.3, 0.4) is 0 Å². The zero-order valence-corrected chi connectivity index (χ0v) is 9.28. The molecule has 0 radical (unpaired) electrons. The molecule has 0 saturated heterocycles. The minimum Gasteiger partial charge on any atom is -0.379 e. The quantitative estimate of drug-likeness (QED) is 0.456. The molecule has 1 nitrogen and oxygen atoms in total. The van der Waals surface area contributed by atoms with Crippen molar-refractivity contribution in [1.29, 1.82) is 0 Å². The Bertz CT molecular complexity index is 85.9. The van der Waals surface area contributed by atoms with E-state index in [0.717, 1.165) is 12.4 Å². The summed E-state index contributed by atoms with van der Waals surface area (Å²) in [4.78, 5) is 0. The fourth-order valence-electron chi connectivity index (χ4n) is 1.17. The fraction of sp³-hybridized carbons (Fsp3) is 1.00. The van der Waals surface area contributed by atoms with Crippen molar-refractivity contribution >= 4 is 12.6 Å². The molecular formula is C10H22OS. The molecule has 0 aliphatic rings. The SMILES string of the molecule is CCCC(C)OCCCCCS. The first-order chi connectivity index (χ1) is 5.81. The summed E-state index contributed by atoms with van der Waals surface area (Å²) < 4.78 is 5.60. The van der Waals surface area contributed by atoms with Gasteiger partial charge in [0.25, 0.3) is 0 Å². The molecule has 12 heavy (non-hydrogen) atoms. The molecule has 0 fully saturated rings. The van der Waals surface area contributed by atoms with E-state index in [2.05, 4.69) is 26.5 Å². The molecule has 0 aromatic carbocycles. The Morgan fingerprint density at radius 3 is 2.58 bits per heavy atom. The van der Waals surface area contributed by atoms with E-state index in [1.807, 2.05) is 0 Å². The van der Waals surface area contributed by atoms with Crippen molar-refractivity contribution in [2.24, 2.45) is 0 Å². The van der Waals surface area contributed by atoms with Crippen LogP contribution in [0.25, 0.3) is 0 Å². The zero-order valence-electron chi connectivity index (χ0n) is 8.38. The predicted molar refractivity (Wildman–Crippen MR) is 58.0 cm³/mol. The molecule has 0 aliphatic carbocycles. The van der Waals surface area contributed by atoms with Crippen molar-refractivity contribution < 1.29 is 4.74 Å². The molecule has 0 aliphatic heterocycles. The van der Waals surface area contributed by atoms with Crippen molar-refractivity contribution in [2.75, 3.05) is 12.4 Å². The lowest BCUT2D eigenvalue weighted by Gasteiger charge is -2.11. The molecule has 2 heteroatoms. The standard InChI is InChI=1S/C10H22OS/c1-3-7-10(2)11-8-5-4-6-9-12/h10,12H,3-9H2,1-2H3. The number of unbranched alkanes of at least 4 members (excludes halogenated alkanes) is 2. The van der Waals surface area contributed by atoms with Gasteiger partial charge in [-0.3, -0.25) is 0 Å². The zero-order chi connectivity index (χ0) is 9.23. The molecule has 0 aromatic heterocycles. The van der Waals surface area contributed by atoms with Crippen LogP contribution in [0.2, 0.25) is 0 Å². The molecular weight excluding hydrogens is 168 g/mol. The maximum atomic E-state index is 5.60. The van der Waals surface area contributed by atoms with E-state index in [9.17, 15) is 0 Å². The lowest BCUT2D eigenvalue weighted by atomic mass is 10.2. The Labute approximate surface area is 82.3 Å². The van der Waals surface area contributed by atoms with Crippen LogP contribution in [0, 0.1) is 0 Å². The van der Waals surface area contributed by atoms with E-state index < -0.39 is 0 Å². The van der Waals surface area contributed by atoms with Gasteiger partial charge in [-0.05, 0) is 31.9 Å². The fourth-order valence-corrected chi connectivity index (χ4v) is 1.39. The maximum absolute atomic E-state index is 5.60. The topological polar surface area (TPSA) is 9.23 Å². The third kappa shape index (κ3) is 8.41. The highest BCUT2D eigenvalue weighted by Crippen LogP contribution is 2.03. The van der Waals surface area contributed by atoms with E-state index in [4.69, 9.17) is 4.74 Å². The van der Waals surface area contributed by atoms with Gasteiger partial charge in [-0.2, -0.15) is 12.6 Å². The molecule has 0 aromatic rings. The van der Waals surface area contributed by atoms with Crippen molar-refractivity contribution in [1.82, 2.24) is 0 Å². The van der Waals surface area contributed by atoms with Gasteiger partial charge in [-0.1, -0.05) is 19.8 Å². The molecule has 0 saturated carbocycles. The van der Waals surface area contributed by atoms with Gasteiger partial charge in [0.05, 0.1) is 6.10 Å². The van der Waals surface area contributed by atoms with Gasteiger partial charge in [0, 0.05) is 6.61 Å². The van der Waals surface area contributed by atoms with Crippen LogP contribution in [-0.4, -0.2) is 18.5 Å². The number of rotatable bonds is 8. The first-order valence-corrected chi connectivity index (χ1v) is 5.67. The summed E-state index contributed by atoms with van der Waals surface area (Å²) >= 11 is 4.16. The maximum Gasteiger partial charge on any atom is 0.0546 e. The Morgan fingerprint density at radius 1 is 1.25 bits per heavy atom. The van der Waals surface area contributed by atoms with Gasteiger partial charge in [0.15, 0.2) is 0 Å². The number of hydrogen-bond donors (Lipinski definition) is 1. The summed E-state index contributed by atoms with van der Waals surface area (Å²) in [5.74, 6) is 1.00. The minimum absolute atomic E-state index is 0.450. The van der Waals surface area contributed by atoms with E-state index in [1.165, 1.54) is 32.1 Å². The second kappa shape index (κ2) is 9.40. The predicted octanol–water partition coefficient (Wildman–Crippen LogP) is 3.29. The Morgan fingerprint density at radius 2 is 2.00 bits per heavy atom. The Balaban J connectivity index is 2.97. The van der Waals surface area contributed by atoms with E-state index >= 15 is 0 Å². The van der Waals surface area contributed by atoms with Gasteiger partial charge in [0.1, 0.15) is 0 Å². The summed E-state index contributed by atoms with van der Waals surface area (Å²) in [7, 11) is 0. The summed E-state index contributed by atoms with van der Waals surface area (Å²) in [6.45, 7) is 5.28. The molecule has 74 valence electrons. The van der Waals surface area contributed by atoms with Crippen LogP contribution < -0.4 is 0 Å². The molecule has 0 amide bonds. The van der Waals surface area contributed by atoms with Crippen molar-refractivity contribution in [3.8, 4) is 0 Å². The molecule has 0 spiro atoms. The largest absolute Gasteiger partial charge is 0.379 e. The van der Waals surface area contributed by atoms with Crippen molar-refractivity contribution in [3.63, 3.8) is 0 Å². The average Bonchev–Trinajstić information content (AvgIpc) is 2.05. The van der Waals surface area contributed by atoms with Gasteiger partial charge in [-0.25, -0.2) is 0 Å². The molecule has 0 rings (SSSR count). The average molecular weight is 190 g/mol. The van der Waals surface area contributed by atoms with Crippen molar-refractivity contribution in [3.05, 3.63) is 0 Å². The highest BCUT2D eigenvalue weighted by molar-refractivity contribution is 7.80. The second-order valence-electron chi connectivity index (χ2n) is 3.25. The molecule has 1 atom stereocenters. The second-order valence-corrected chi connectivity index (χ2v) is 3.70. The summed E-state index contributed by atoms with van der Waals surface area (Å²) in [6.07, 6.45) is 6.52. The highest BCUT2D eigenvalue weighted by Gasteiger charge is 1.98. The first kappa shape index (κ1) is 12.3. The van der Waals surface area contributed by atoms with Crippen LogP contribution in [-0.2, 0) is 4.74 Å². The van der Waals surface area contributed by atoms with Crippen LogP contribution in [0.4, 0.5) is 0 Å². The van der Waals surface area contributed by atoms with Gasteiger partial charge in [0.2, 0.25) is 0 Å². The summed E-state index contributed by atoms with van der Waals surface area (Å²) in [5.41, 5.74) is 0. The van der Waals surface area contributed by atoms with Crippen LogP contribution >= 0.6 is 12.6 Å². The summed E-state index contributed by atoms with van der Waals surface area (Å²) in [5, 5.41) is 0. The smallest absolute Gasteiger partial charge is 0.0546 e. The summed E-state index contributed by atoms with van der Waals surface area (Å²) in [6, 6.07) is 0. The highest BCUT2D eigenvalue weighted by atomic mass is 32.1. The van der Waals surface area contributed by atoms with Crippen LogP contribution in [0.5, 0.6) is 0 Å². The lowest BCUT2D eigenvalue weighted by Crippen LogP contribution is -2.08. The van der Waals surface area contributed by atoms with Crippen molar-refractivity contribution in [2.45, 2.75) is 52.1 Å². The van der Waals surface area contributed by atoms with Gasteiger partial charge < -0.3 is 4.74 Å². The Kier molecular flexibility index (Phi) is 9.64.